The number of hydrogen-bond donors (Lipinski definition) is 2. The molecule has 2 unspecified atom stereocenters. The first-order chi connectivity index (χ1) is 10.8. The lowest BCUT2D eigenvalue weighted by Crippen LogP contribution is -2.51. The highest BCUT2D eigenvalue weighted by Crippen LogP contribution is 2.44. The largest absolute Gasteiger partial charge is 0.375 e. The Kier molecular flexibility index (Phi) is 5.45. The molecule has 1 aliphatic heterocycles. The number of ether oxygens (including phenoxy) is 1. The number of rotatable bonds is 10. The predicted octanol–water partition coefficient (Wildman–Crippen LogP) is 2.17. The first kappa shape index (κ1) is 17.9. The van der Waals surface area contributed by atoms with Crippen LogP contribution in [0.2, 0.25) is 0 Å². The van der Waals surface area contributed by atoms with Gasteiger partial charge in [-0.3, -0.25) is 10.1 Å². The molecule has 0 spiro atoms. The molecule has 130 valence electrons. The van der Waals surface area contributed by atoms with Crippen molar-refractivity contribution in [2.24, 2.45) is 11.8 Å². The van der Waals surface area contributed by atoms with Gasteiger partial charge in [-0.05, 0) is 45.4 Å². The molecule has 3 amide bonds. The number of hydrogen-bond acceptors (Lipinski definition) is 4. The van der Waals surface area contributed by atoms with Gasteiger partial charge in [-0.15, -0.1) is 0 Å². The number of urea groups is 1. The molecule has 1 saturated heterocycles. The van der Waals surface area contributed by atoms with E-state index in [9.17, 15) is 14.4 Å². The fourth-order valence-corrected chi connectivity index (χ4v) is 3.25. The molecule has 2 rings (SSSR count). The molecule has 1 saturated carbocycles. The van der Waals surface area contributed by atoms with Crippen LogP contribution in [0.25, 0.3) is 0 Å². The summed E-state index contributed by atoms with van der Waals surface area (Å²) < 4.78 is 5.93. The van der Waals surface area contributed by atoms with E-state index in [4.69, 9.17) is 4.74 Å². The molecule has 2 atom stereocenters. The lowest BCUT2D eigenvalue weighted by atomic mass is 9.83. The van der Waals surface area contributed by atoms with E-state index in [-0.39, 0.29) is 24.0 Å². The van der Waals surface area contributed by atoms with E-state index in [1.54, 1.807) is 0 Å². The van der Waals surface area contributed by atoms with Crippen molar-refractivity contribution in [3.8, 4) is 0 Å². The second kappa shape index (κ2) is 6.99. The van der Waals surface area contributed by atoms with Crippen LogP contribution in [0.15, 0.2) is 0 Å². The summed E-state index contributed by atoms with van der Waals surface area (Å²) in [5, 5.41) is 5.07. The quantitative estimate of drug-likeness (QED) is 0.476. The summed E-state index contributed by atoms with van der Waals surface area (Å²) in [5.41, 5.74) is -1.22. The molecular formula is C17H28N2O4. The number of nitrogens with one attached hydrogen (secondary N) is 2. The number of carbonyl (C=O) groups is 3. The molecule has 2 N–H and O–H groups in total. The van der Waals surface area contributed by atoms with Gasteiger partial charge >= 0.3 is 6.03 Å². The van der Waals surface area contributed by atoms with Crippen LogP contribution in [-0.4, -0.2) is 36.0 Å². The van der Waals surface area contributed by atoms with Crippen LogP contribution in [-0.2, 0) is 14.3 Å². The minimum atomic E-state index is -0.931. The van der Waals surface area contributed by atoms with Crippen LogP contribution in [0.5, 0.6) is 0 Å². The number of amides is 3. The van der Waals surface area contributed by atoms with Crippen molar-refractivity contribution in [1.29, 1.82) is 0 Å². The summed E-state index contributed by atoms with van der Waals surface area (Å²) in [5.74, 6) is -0.577. The van der Waals surface area contributed by atoms with E-state index >= 15 is 0 Å². The third-order valence-corrected chi connectivity index (χ3v) is 4.84. The Labute approximate surface area is 137 Å². The van der Waals surface area contributed by atoms with Gasteiger partial charge in [0.1, 0.15) is 11.8 Å². The van der Waals surface area contributed by atoms with Crippen molar-refractivity contribution in [3.05, 3.63) is 0 Å². The summed E-state index contributed by atoms with van der Waals surface area (Å²) in [7, 11) is 0. The first-order valence-corrected chi connectivity index (χ1v) is 8.56. The van der Waals surface area contributed by atoms with Gasteiger partial charge in [0.05, 0.1) is 12.2 Å². The van der Waals surface area contributed by atoms with Gasteiger partial charge in [-0.25, -0.2) is 4.79 Å². The summed E-state index contributed by atoms with van der Waals surface area (Å²) >= 11 is 0. The van der Waals surface area contributed by atoms with Crippen molar-refractivity contribution in [3.63, 3.8) is 0 Å². The van der Waals surface area contributed by atoms with Gasteiger partial charge in [0, 0.05) is 5.92 Å². The Hall–Kier alpha value is -1.43. The highest BCUT2D eigenvalue weighted by molar-refractivity contribution is 6.07. The molecule has 1 heterocycles. The van der Waals surface area contributed by atoms with Crippen molar-refractivity contribution in [2.45, 2.75) is 70.4 Å². The highest BCUT2D eigenvalue weighted by atomic mass is 16.5. The van der Waals surface area contributed by atoms with Crippen LogP contribution >= 0.6 is 0 Å². The second-order valence-corrected chi connectivity index (χ2v) is 7.43. The van der Waals surface area contributed by atoms with E-state index in [1.807, 2.05) is 13.8 Å². The van der Waals surface area contributed by atoms with Crippen molar-refractivity contribution in [2.75, 3.05) is 6.61 Å². The SMILES string of the molecule is CCCCC(C)(C)OCC(C=O)CC1(C2CC2)NC(=O)NC1=O. The molecule has 0 aromatic carbocycles. The third-order valence-electron chi connectivity index (χ3n) is 4.84. The van der Waals surface area contributed by atoms with Crippen LogP contribution in [0, 0.1) is 11.8 Å². The normalized spacial score (nSPS) is 25.9. The molecule has 0 aromatic heterocycles. The predicted molar refractivity (Wildman–Crippen MR) is 85.9 cm³/mol. The lowest BCUT2D eigenvalue weighted by molar-refractivity contribution is -0.127. The topological polar surface area (TPSA) is 84.5 Å². The second-order valence-electron chi connectivity index (χ2n) is 7.43. The Balaban J connectivity index is 1.96. The zero-order chi connectivity index (χ0) is 17.1. The van der Waals surface area contributed by atoms with Gasteiger partial charge < -0.3 is 14.8 Å². The summed E-state index contributed by atoms with van der Waals surface area (Å²) in [6, 6.07) is -0.462. The standard InChI is InChI=1S/C17H28N2O4/c1-4-5-8-16(2,3)23-11-12(10-20)9-17(13-6-7-13)14(21)18-15(22)19-17/h10,12-13H,4-9,11H2,1-3H3,(H2,18,19,21,22). The van der Waals surface area contributed by atoms with Gasteiger partial charge in [0.2, 0.25) is 0 Å². The monoisotopic (exact) mass is 324 g/mol. The molecule has 2 fully saturated rings. The minimum Gasteiger partial charge on any atom is -0.375 e. The summed E-state index contributed by atoms with van der Waals surface area (Å²) in [6.45, 7) is 6.44. The maximum Gasteiger partial charge on any atom is 0.322 e. The highest BCUT2D eigenvalue weighted by Gasteiger charge is 2.56. The van der Waals surface area contributed by atoms with Crippen molar-refractivity contribution in [1.82, 2.24) is 10.6 Å². The Morgan fingerprint density at radius 2 is 2.09 bits per heavy atom. The molecular weight excluding hydrogens is 296 g/mol. The van der Waals surface area contributed by atoms with Gasteiger partial charge in [-0.1, -0.05) is 19.8 Å². The van der Waals surface area contributed by atoms with E-state index in [0.717, 1.165) is 38.4 Å². The molecule has 0 aromatic rings. The molecule has 6 nitrogen and oxygen atoms in total. The van der Waals surface area contributed by atoms with Gasteiger partial charge in [-0.2, -0.15) is 0 Å². The van der Waals surface area contributed by atoms with Crippen molar-refractivity contribution < 1.29 is 19.1 Å². The summed E-state index contributed by atoms with van der Waals surface area (Å²) in [6.07, 6.45) is 6.06. The maximum atomic E-state index is 12.2. The van der Waals surface area contributed by atoms with Gasteiger partial charge in [0.15, 0.2) is 0 Å². The van der Waals surface area contributed by atoms with Crippen molar-refractivity contribution >= 4 is 18.2 Å². The molecule has 0 bridgehead atoms. The zero-order valence-electron chi connectivity index (χ0n) is 14.3. The smallest absolute Gasteiger partial charge is 0.322 e. The molecule has 23 heavy (non-hydrogen) atoms. The van der Waals surface area contributed by atoms with E-state index in [1.165, 1.54) is 0 Å². The Morgan fingerprint density at radius 3 is 2.57 bits per heavy atom. The average Bonchev–Trinajstić information content (AvgIpc) is 3.29. The first-order valence-electron chi connectivity index (χ1n) is 8.56. The Bertz CT molecular complexity index is 473. The molecule has 1 aliphatic carbocycles. The lowest BCUT2D eigenvalue weighted by Gasteiger charge is -2.31. The number of aldehydes is 1. The number of imide groups is 1. The molecule has 6 heteroatoms. The fourth-order valence-electron chi connectivity index (χ4n) is 3.25. The van der Waals surface area contributed by atoms with E-state index in [0.29, 0.717) is 6.42 Å². The van der Waals surface area contributed by atoms with Crippen LogP contribution in [0.3, 0.4) is 0 Å². The third kappa shape index (κ3) is 4.31. The minimum absolute atomic E-state index is 0.129. The van der Waals surface area contributed by atoms with E-state index < -0.39 is 17.5 Å². The molecule has 2 aliphatic rings. The van der Waals surface area contributed by atoms with Crippen LogP contribution < -0.4 is 10.6 Å². The maximum absolute atomic E-state index is 12.2. The van der Waals surface area contributed by atoms with E-state index in [2.05, 4.69) is 17.6 Å². The number of carbonyl (C=O) groups excluding carboxylic acids is 3. The zero-order valence-corrected chi connectivity index (χ0v) is 14.3. The fraction of sp³-hybridized carbons (Fsp3) is 0.824. The summed E-state index contributed by atoms with van der Waals surface area (Å²) in [4.78, 5) is 35.2. The van der Waals surface area contributed by atoms with Crippen LogP contribution in [0.1, 0.15) is 59.3 Å². The Morgan fingerprint density at radius 1 is 1.39 bits per heavy atom. The van der Waals surface area contributed by atoms with Crippen LogP contribution in [0.4, 0.5) is 4.79 Å². The molecule has 0 radical (unpaired) electrons. The number of unbranched alkanes of at least 4 members (excludes halogenated alkanes) is 1. The van der Waals surface area contributed by atoms with Gasteiger partial charge in [0.25, 0.3) is 5.91 Å². The average molecular weight is 324 g/mol.